The number of fused-ring (bicyclic) bond motifs is 2. The van der Waals surface area contributed by atoms with Crippen LogP contribution in [0.3, 0.4) is 0 Å². The normalized spacial score (nSPS) is 15.5. The van der Waals surface area contributed by atoms with Crippen molar-refractivity contribution in [1.82, 2.24) is 19.7 Å². The highest BCUT2D eigenvalue weighted by molar-refractivity contribution is 6.08. The first-order chi connectivity index (χ1) is 20.9. The summed E-state index contributed by atoms with van der Waals surface area (Å²) in [4.78, 5) is 44.9. The predicted molar refractivity (Wildman–Crippen MR) is 169 cm³/mol. The molecule has 1 N–H and O–H groups in total. The second kappa shape index (κ2) is 12.1. The molecule has 218 valence electrons. The molecule has 0 bridgehead atoms. The number of benzene rings is 4. The topological polar surface area (TPSA) is 74.7 Å². The standard InChI is InChI=1S/C36H36N4O3/c1-38-24-30(29-15-8-9-16-32(29)38)35(42)40-20-10-17-33(40)34(41)37-31(36(43)39(2)23-25-11-4-3-5-12-25)22-26-18-19-27-13-6-7-14-28(27)21-26/h3-9,11-16,18-19,21,24,31,33H,10,17,20,22-23H2,1-2H3,(H,37,41)/t31-,33-/m0/s1. The average Bonchev–Trinajstić information content (AvgIpc) is 3.66. The number of para-hydroxylation sites is 1. The van der Waals surface area contributed by atoms with E-state index in [2.05, 4.69) is 17.4 Å². The van der Waals surface area contributed by atoms with E-state index in [4.69, 9.17) is 0 Å². The van der Waals surface area contributed by atoms with Crippen molar-refractivity contribution in [2.45, 2.75) is 37.9 Å². The van der Waals surface area contributed by atoms with E-state index in [-0.39, 0.29) is 17.7 Å². The van der Waals surface area contributed by atoms with Gasteiger partial charge >= 0.3 is 0 Å². The predicted octanol–water partition coefficient (Wildman–Crippen LogP) is 5.32. The molecule has 1 aliphatic rings. The molecule has 4 aromatic carbocycles. The molecule has 0 radical (unpaired) electrons. The minimum Gasteiger partial charge on any atom is -0.350 e. The lowest BCUT2D eigenvalue weighted by atomic mass is 10.00. The fourth-order valence-electron chi connectivity index (χ4n) is 6.22. The molecule has 0 aliphatic carbocycles. The molecule has 5 aromatic rings. The van der Waals surface area contributed by atoms with Gasteiger partial charge in [0.1, 0.15) is 12.1 Å². The van der Waals surface area contributed by atoms with Gasteiger partial charge in [-0.2, -0.15) is 0 Å². The monoisotopic (exact) mass is 572 g/mol. The zero-order valence-electron chi connectivity index (χ0n) is 24.6. The number of carbonyl (C=O) groups is 3. The summed E-state index contributed by atoms with van der Waals surface area (Å²) in [5, 5.41) is 6.14. The van der Waals surface area contributed by atoms with E-state index in [9.17, 15) is 14.4 Å². The van der Waals surface area contributed by atoms with E-state index in [0.29, 0.717) is 31.5 Å². The fourth-order valence-corrected chi connectivity index (χ4v) is 6.22. The van der Waals surface area contributed by atoms with Gasteiger partial charge in [-0.25, -0.2) is 0 Å². The van der Waals surface area contributed by atoms with E-state index >= 15 is 0 Å². The van der Waals surface area contributed by atoms with Crippen LogP contribution in [0.4, 0.5) is 0 Å². The van der Waals surface area contributed by atoms with E-state index in [1.54, 1.807) is 16.8 Å². The van der Waals surface area contributed by atoms with Gasteiger partial charge in [0.05, 0.1) is 5.56 Å². The van der Waals surface area contributed by atoms with Gasteiger partial charge in [0.25, 0.3) is 5.91 Å². The molecule has 2 atom stereocenters. The number of hydrogen-bond donors (Lipinski definition) is 1. The van der Waals surface area contributed by atoms with Crippen LogP contribution in [0, 0.1) is 0 Å². The van der Waals surface area contributed by atoms with Crippen LogP contribution in [-0.4, -0.2) is 57.8 Å². The van der Waals surface area contributed by atoms with Gasteiger partial charge in [0.15, 0.2) is 0 Å². The lowest BCUT2D eigenvalue weighted by molar-refractivity contribution is -0.136. The highest BCUT2D eigenvalue weighted by Crippen LogP contribution is 2.26. The van der Waals surface area contributed by atoms with Crippen molar-refractivity contribution in [1.29, 1.82) is 0 Å². The van der Waals surface area contributed by atoms with Crippen LogP contribution >= 0.6 is 0 Å². The van der Waals surface area contributed by atoms with Crippen LogP contribution in [0.5, 0.6) is 0 Å². The Morgan fingerprint density at radius 1 is 0.884 bits per heavy atom. The Morgan fingerprint density at radius 3 is 2.42 bits per heavy atom. The van der Waals surface area contributed by atoms with Crippen LogP contribution in [0.2, 0.25) is 0 Å². The maximum Gasteiger partial charge on any atom is 0.256 e. The van der Waals surface area contributed by atoms with Gasteiger partial charge in [-0.15, -0.1) is 0 Å². The fraction of sp³-hybridized carbons (Fsp3) is 0.250. The smallest absolute Gasteiger partial charge is 0.256 e. The Bertz CT molecular complexity index is 1790. The van der Waals surface area contributed by atoms with Gasteiger partial charge < -0.3 is 19.7 Å². The molecule has 1 saturated heterocycles. The molecular weight excluding hydrogens is 536 g/mol. The molecule has 1 fully saturated rings. The average molecular weight is 573 g/mol. The molecule has 43 heavy (non-hydrogen) atoms. The molecule has 0 unspecified atom stereocenters. The number of nitrogens with zero attached hydrogens (tertiary/aromatic N) is 3. The van der Waals surface area contributed by atoms with Crippen LogP contribution in [-0.2, 0) is 29.6 Å². The van der Waals surface area contributed by atoms with Crippen molar-refractivity contribution in [3.8, 4) is 0 Å². The SMILES string of the molecule is CN(Cc1ccccc1)C(=O)[C@H](Cc1ccc2ccccc2c1)NC(=O)[C@@H]1CCCN1C(=O)c1cn(C)c2ccccc12. The van der Waals surface area contributed by atoms with Crippen LogP contribution in [0.1, 0.15) is 34.3 Å². The molecule has 1 aliphatic heterocycles. The lowest BCUT2D eigenvalue weighted by Crippen LogP contribution is -2.54. The van der Waals surface area contributed by atoms with Gasteiger partial charge in [-0.05, 0) is 40.8 Å². The molecular formula is C36H36N4O3. The number of rotatable bonds is 8. The molecule has 7 nitrogen and oxygen atoms in total. The highest BCUT2D eigenvalue weighted by atomic mass is 16.2. The molecule has 0 spiro atoms. The number of aromatic nitrogens is 1. The number of amides is 3. The zero-order chi connectivity index (χ0) is 29.9. The number of carbonyl (C=O) groups excluding carboxylic acids is 3. The Balaban J connectivity index is 1.25. The first-order valence-electron chi connectivity index (χ1n) is 14.8. The summed E-state index contributed by atoms with van der Waals surface area (Å²) < 4.78 is 1.94. The maximum atomic E-state index is 13.9. The molecule has 2 heterocycles. The van der Waals surface area contributed by atoms with E-state index < -0.39 is 12.1 Å². The minimum atomic E-state index is -0.780. The number of aryl methyl sites for hydroxylation is 1. The van der Waals surface area contributed by atoms with Crippen molar-refractivity contribution >= 4 is 39.4 Å². The number of likely N-dealkylation sites (tertiary alicyclic amines) is 1. The number of hydrogen-bond acceptors (Lipinski definition) is 3. The summed E-state index contributed by atoms with van der Waals surface area (Å²) in [6.07, 6.45) is 3.47. The second-order valence-electron chi connectivity index (χ2n) is 11.5. The molecule has 7 heteroatoms. The van der Waals surface area contributed by atoms with Gasteiger partial charge in [-0.3, -0.25) is 14.4 Å². The van der Waals surface area contributed by atoms with Gasteiger partial charge in [0, 0.05) is 50.7 Å². The maximum absolute atomic E-state index is 13.9. The van der Waals surface area contributed by atoms with Gasteiger partial charge in [0.2, 0.25) is 11.8 Å². The van der Waals surface area contributed by atoms with E-state index in [1.807, 2.05) is 103 Å². The highest BCUT2D eigenvalue weighted by Gasteiger charge is 2.37. The summed E-state index contributed by atoms with van der Waals surface area (Å²) in [7, 11) is 3.68. The van der Waals surface area contributed by atoms with Crippen molar-refractivity contribution in [3.63, 3.8) is 0 Å². The summed E-state index contributed by atoms with van der Waals surface area (Å²) in [5.41, 5.74) is 3.52. The molecule has 6 rings (SSSR count). The molecule has 0 saturated carbocycles. The third-order valence-corrected chi connectivity index (χ3v) is 8.45. The quantitative estimate of drug-likeness (QED) is 0.274. The molecule has 1 aromatic heterocycles. The van der Waals surface area contributed by atoms with E-state index in [0.717, 1.165) is 39.2 Å². The molecule has 3 amide bonds. The van der Waals surface area contributed by atoms with Crippen molar-refractivity contribution < 1.29 is 14.4 Å². The Kier molecular flexibility index (Phi) is 7.97. The Hall–Kier alpha value is -4.91. The minimum absolute atomic E-state index is 0.159. The van der Waals surface area contributed by atoms with E-state index in [1.165, 1.54) is 0 Å². The van der Waals surface area contributed by atoms with Gasteiger partial charge in [-0.1, -0.05) is 91.0 Å². The lowest BCUT2D eigenvalue weighted by Gasteiger charge is -2.28. The zero-order valence-corrected chi connectivity index (χ0v) is 24.6. The van der Waals surface area contributed by atoms with Crippen LogP contribution < -0.4 is 5.32 Å². The summed E-state index contributed by atoms with van der Waals surface area (Å²) in [5.74, 6) is -0.623. The van der Waals surface area contributed by atoms with Crippen molar-refractivity contribution in [3.05, 3.63) is 120 Å². The third kappa shape index (κ3) is 5.89. The van der Waals surface area contributed by atoms with Crippen LogP contribution in [0.15, 0.2) is 103 Å². The van der Waals surface area contributed by atoms with Crippen molar-refractivity contribution in [2.75, 3.05) is 13.6 Å². The summed E-state index contributed by atoms with van der Waals surface area (Å²) in [6.45, 7) is 0.927. The van der Waals surface area contributed by atoms with Crippen molar-refractivity contribution in [2.24, 2.45) is 7.05 Å². The Labute approximate surface area is 251 Å². The van der Waals surface area contributed by atoms with Crippen LogP contribution in [0.25, 0.3) is 21.7 Å². The second-order valence-corrected chi connectivity index (χ2v) is 11.5. The first-order valence-corrected chi connectivity index (χ1v) is 14.8. The largest absolute Gasteiger partial charge is 0.350 e. The third-order valence-electron chi connectivity index (χ3n) is 8.45. The summed E-state index contributed by atoms with van der Waals surface area (Å²) in [6, 6.07) is 30.4. The first kappa shape index (κ1) is 28.2. The Morgan fingerprint density at radius 2 is 1.60 bits per heavy atom. The number of nitrogens with one attached hydrogen (secondary N) is 1. The summed E-state index contributed by atoms with van der Waals surface area (Å²) >= 11 is 0. The number of likely N-dealkylation sites (N-methyl/N-ethyl adjacent to an activating group) is 1.